The quantitative estimate of drug-likeness (QED) is 0.806. The molecule has 1 aliphatic heterocycles. The van der Waals surface area contributed by atoms with Crippen LogP contribution in [0, 0.1) is 5.41 Å². The van der Waals surface area contributed by atoms with Gasteiger partial charge in [-0.05, 0) is 50.7 Å². The van der Waals surface area contributed by atoms with Gasteiger partial charge in [-0.25, -0.2) is 0 Å². The van der Waals surface area contributed by atoms with Crippen LogP contribution in [0.2, 0.25) is 0 Å². The number of likely N-dealkylation sites (tertiary alicyclic amines) is 1. The molecule has 2 fully saturated rings. The Labute approximate surface area is 114 Å². The second kappa shape index (κ2) is 6.38. The first-order chi connectivity index (χ1) is 8.74. The maximum atomic E-state index is 3.70. The van der Waals surface area contributed by atoms with Crippen molar-refractivity contribution in [3.8, 4) is 0 Å². The summed E-state index contributed by atoms with van der Waals surface area (Å²) in [6, 6.07) is 1.60. The highest BCUT2D eigenvalue weighted by molar-refractivity contribution is 4.94. The van der Waals surface area contributed by atoms with Crippen LogP contribution in [0.25, 0.3) is 0 Å². The molecule has 1 saturated heterocycles. The van der Waals surface area contributed by atoms with Gasteiger partial charge in [0, 0.05) is 12.1 Å². The normalized spacial score (nSPS) is 32.8. The van der Waals surface area contributed by atoms with Crippen molar-refractivity contribution in [1.82, 2.24) is 10.2 Å². The van der Waals surface area contributed by atoms with Gasteiger partial charge < -0.3 is 5.32 Å². The third-order valence-electron chi connectivity index (χ3n) is 5.77. The first kappa shape index (κ1) is 14.3. The standard InChI is InChI=1S/C16H32N2/c1-4-16(5-2)10-12-18(13-11-16)15-9-7-8-14(15)17-6-3/h14-15,17H,4-13H2,1-3H3. The molecule has 2 aliphatic rings. The van der Waals surface area contributed by atoms with E-state index in [2.05, 4.69) is 31.0 Å². The highest BCUT2D eigenvalue weighted by Gasteiger charge is 2.37. The van der Waals surface area contributed by atoms with Gasteiger partial charge in [-0.15, -0.1) is 0 Å². The van der Waals surface area contributed by atoms with Crippen molar-refractivity contribution in [1.29, 1.82) is 0 Å². The molecule has 1 heterocycles. The molecule has 0 bridgehead atoms. The second-order valence-corrected chi connectivity index (χ2v) is 6.41. The summed E-state index contributed by atoms with van der Waals surface area (Å²) in [5, 5.41) is 3.70. The minimum absolute atomic E-state index is 0.669. The number of rotatable bonds is 5. The van der Waals surface area contributed by atoms with Crippen molar-refractivity contribution in [3.05, 3.63) is 0 Å². The summed E-state index contributed by atoms with van der Waals surface area (Å²) in [7, 11) is 0. The van der Waals surface area contributed by atoms with Crippen molar-refractivity contribution in [2.45, 2.75) is 77.8 Å². The zero-order chi connectivity index (χ0) is 13.0. The van der Waals surface area contributed by atoms with Gasteiger partial charge in [0.2, 0.25) is 0 Å². The molecule has 106 valence electrons. The Bertz CT molecular complexity index is 237. The number of hydrogen-bond acceptors (Lipinski definition) is 2. The third-order valence-corrected chi connectivity index (χ3v) is 5.77. The van der Waals surface area contributed by atoms with E-state index in [-0.39, 0.29) is 0 Å². The number of hydrogen-bond donors (Lipinski definition) is 1. The lowest BCUT2D eigenvalue weighted by Gasteiger charge is -2.44. The number of nitrogens with one attached hydrogen (secondary N) is 1. The lowest BCUT2D eigenvalue weighted by Crippen LogP contribution is -2.51. The molecular weight excluding hydrogens is 220 g/mol. The summed E-state index contributed by atoms with van der Waals surface area (Å²) in [4.78, 5) is 2.80. The van der Waals surface area contributed by atoms with Crippen molar-refractivity contribution >= 4 is 0 Å². The topological polar surface area (TPSA) is 15.3 Å². The van der Waals surface area contributed by atoms with Gasteiger partial charge >= 0.3 is 0 Å². The third kappa shape index (κ3) is 2.91. The average Bonchev–Trinajstić information content (AvgIpc) is 2.88. The Hall–Kier alpha value is -0.0800. The van der Waals surface area contributed by atoms with Gasteiger partial charge in [0.25, 0.3) is 0 Å². The van der Waals surface area contributed by atoms with Crippen LogP contribution in [0.3, 0.4) is 0 Å². The van der Waals surface area contributed by atoms with E-state index in [4.69, 9.17) is 0 Å². The summed E-state index contributed by atoms with van der Waals surface area (Å²) in [6.45, 7) is 10.8. The van der Waals surface area contributed by atoms with E-state index in [1.807, 2.05) is 0 Å². The molecule has 0 aromatic heterocycles. The fourth-order valence-corrected chi connectivity index (χ4v) is 4.16. The van der Waals surface area contributed by atoms with E-state index < -0.39 is 0 Å². The molecule has 0 spiro atoms. The van der Waals surface area contributed by atoms with Crippen molar-refractivity contribution in [2.75, 3.05) is 19.6 Å². The van der Waals surface area contributed by atoms with Crippen LogP contribution < -0.4 is 5.32 Å². The molecule has 2 heteroatoms. The Morgan fingerprint density at radius 1 is 1.06 bits per heavy atom. The fourth-order valence-electron chi connectivity index (χ4n) is 4.16. The van der Waals surface area contributed by atoms with E-state index in [0.29, 0.717) is 5.41 Å². The van der Waals surface area contributed by atoms with Gasteiger partial charge in [-0.3, -0.25) is 4.90 Å². The Kier molecular flexibility index (Phi) is 5.08. The fraction of sp³-hybridized carbons (Fsp3) is 1.00. The first-order valence-electron chi connectivity index (χ1n) is 8.22. The largest absolute Gasteiger partial charge is 0.313 e. The summed E-state index contributed by atoms with van der Waals surface area (Å²) in [5.74, 6) is 0. The lowest BCUT2D eigenvalue weighted by molar-refractivity contribution is 0.0594. The maximum Gasteiger partial charge on any atom is 0.0249 e. The van der Waals surface area contributed by atoms with Crippen molar-refractivity contribution in [3.63, 3.8) is 0 Å². The predicted octanol–water partition coefficient (Wildman–Crippen LogP) is 3.42. The van der Waals surface area contributed by atoms with E-state index in [1.165, 1.54) is 58.0 Å². The summed E-state index contributed by atoms with van der Waals surface area (Å²) in [5.41, 5.74) is 0.669. The minimum Gasteiger partial charge on any atom is -0.313 e. The van der Waals surface area contributed by atoms with Gasteiger partial charge in [-0.1, -0.05) is 40.0 Å². The summed E-state index contributed by atoms with van der Waals surface area (Å²) < 4.78 is 0. The molecule has 1 N–H and O–H groups in total. The van der Waals surface area contributed by atoms with Gasteiger partial charge in [-0.2, -0.15) is 0 Å². The first-order valence-corrected chi connectivity index (χ1v) is 8.22. The van der Waals surface area contributed by atoms with Crippen LogP contribution in [-0.4, -0.2) is 36.6 Å². The zero-order valence-corrected chi connectivity index (χ0v) is 12.7. The summed E-state index contributed by atoms with van der Waals surface area (Å²) >= 11 is 0. The molecule has 2 atom stereocenters. The molecule has 1 aliphatic carbocycles. The number of likely N-dealkylation sites (N-methyl/N-ethyl adjacent to an activating group) is 1. The highest BCUT2D eigenvalue weighted by Crippen LogP contribution is 2.39. The molecule has 0 radical (unpaired) electrons. The molecule has 0 aromatic rings. The van der Waals surface area contributed by atoms with Crippen molar-refractivity contribution in [2.24, 2.45) is 5.41 Å². The van der Waals surface area contributed by atoms with E-state index in [1.54, 1.807) is 0 Å². The van der Waals surface area contributed by atoms with Crippen molar-refractivity contribution < 1.29 is 0 Å². The van der Waals surface area contributed by atoms with Crippen LogP contribution in [0.15, 0.2) is 0 Å². The van der Waals surface area contributed by atoms with Crippen LogP contribution in [-0.2, 0) is 0 Å². The van der Waals surface area contributed by atoms with E-state index in [0.717, 1.165) is 18.6 Å². The average molecular weight is 252 g/mol. The summed E-state index contributed by atoms with van der Waals surface area (Å²) in [6.07, 6.45) is 9.83. The molecule has 2 nitrogen and oxygen atoms in total. The number of piperidine rings is 1. The highest BCUT2D eigenvalue weighted by atomic mass is 15.2. The monoisotopic (exact) mass is 252 g/mol. The molecule has 0 aromatic carbocycles. The number of nitrogens with zero attached hydrogens (tertiary/aromatic N) is 1. The maximum absolute atomic E-state index is 3.70. The predicted molar refractivity (Wildman–Crippen MR) is 78.9 cm³/mol. The minimum atomic E-state index is 0.669. The van der Waals surface area contributed by atoms with Gasteiger partial charge in [0.15, 0.2) is 0 Å². The Morgan fingerprint density at radius 3 is 2.28 bits per heavy atom. The SMILES string of the molecule is CCNC1CCCC1N1CCC(CC)(CC)CC1. The zero-order valence-electron chi connectivity index (χ0n) is 12.7. The molecule has 0 amide bonds. The second-order valence-electron chi connectivity index (χ2n) is 6.41. The van der Waals surface area contributed by atoms with E-state index in [9.17, 15) is 0 Å². The van der Waals surface area contributed by atoms with E-state index >= 15 is 0 Å². The van der Waals surface area contributed by atoms with Crippen LogP contribution in [0.1, 0.15) is 65.7 Å². The van der Waals surface area contributed by atoms with Crippen LogP contribution in [0.4, 0.5) is 0 Å². The molecule has 18 heavy (non-hydrogen) atoms. The Balaban J connectivity index is 1.89. The van der Waals surface area contributed by atoms with Gasteiger partial charge in [0.05, 0.1) is 0 Å². The molecule has 1 saturated carbocycles. The molecule has 2 rings (SSSR count). The lowest BCUT2D eigenvalue weighted by atomic mass is 9.74. The van der Waals surface area contributed by atoms with Gasteiger partial charge in [0.1, 0.15) is 0 Å². The Morgan fingerprint density at radius 2 is 1.72 bits per heavy atom. The van der Waals surface area contributed by atoms with Crippen LogP contribution >= 0.6 is 0 Å². The van der Waals surface area contributed by atoms with Crippen LogP contribution in [0.5, 0.6) is 0 Å². The smallest absolute Gasteiger partial charge is 0.0249 e. The molecule has 2 unspecified atom stereocenters. The molecular formula is C16H32N2.